The van der Waals surface area contributed by atoms with E-state index in [1.807, 2.05) is 0 Å². The van der Waals surface area contributed by atoms with E-state index in [0.717, 1.165) is 18.0 Å². The third-order valence-electron chi connectivity index (χ3n) is 3.07. The van der Waals surface area contributed by atoms with Crippen molar-refractivity contribution in [1.82, 2.24) is 0 Å². The van der Waals surface area contributed by atoms with E-state index in [9.17, 15) is 4.39 Å². The SMILES string of the molecule is CC(C)CCCC(C)Nc1ccc(F)cc1C(N)=S. The minimum Gasteiger partial charge on any atom is -0.389 e. The van der Waals surface area contributed by atoms with Gasteiger partial charge in [-0.15, -0.1) is 0 Å². The van der Waals surface area contributed by atoms with Crippen LogP contribution in [0.1, 0.15) is 45.6 Å². The minimum atomic E-state index is -0.319. The van der Waals surface area contributed by atoms with Gasteiger partial charge in [-0.05, 0) is 37.5 Å². The zero-order valence-corrected chi connectivity index (χ0v) is 12.7. The van der Waals surface area contributed by atoms with E-state index in [-0.39, 0.29) is 10.8 Å². The van der Waals surface area contributed by atoms with Gasteiger partial charge in [-0.3, -0.25) is 0 Å². The summed E-state index contributed by atoms with van der Waals surface area (Å²) in [7, 11) is 0. The van der Waals surface area contributed by atoms with E-state index in [2.05, 4.69) is 26.1 Å². The van der Waals surface area contributed by atoms with E-state index in [4.69, 9.17) is 18.0 Å². The van der Waals surface area contributed by atoms with Gasteiger partial charge in [-0.25, -0.2) is 4.39 Å². The van der Waals surface area contributed by atoms with Gasteiger partial charge < -0.3 is 11.1 Å². The molecule has 1 rings (SSSR count). The third kappa shape index (κ3) is 5.55. The van der Waals surface area contributed by atoms with Crippen molar-refractivity contribution in [3.8, 4) is 0 Å². The van der Waals surface area contributed by atoms with Crippen LogP contribution in [0, 0.1) is 11.7 Å². The standard InChI is InChI=1S/C15H23FN2S/c1-10(2)5-4-6-11(3)18-14-8-7-12(16)9-13(14)15(17)19/h7-11,18H,4-6H2,1-3H3,(H2,17,19). The van der Waals surface area contributed by atoms with E-state index in [1.54, 1.807) is 6.07 Å². The average molecular weight is 282 g/mol. The van der Waals surface area contributed by atoms with Gasteiger partial charge in [0.05, 0.1) is 0 Å². The molecular weight excluding hydrogens is 259 g/mol. The Hall–Kier alpha value is -1.16. The summed E-state index contributed by atoms with van der Waals surface area (Å²) in [5, 5.41) is 3.36. The molecule has 0 amide bonds. The maximum absolute atomic E-state index is 13.2. The quantitative estimate of drug-likeness (QED) is 0.740. The highest BCUT2D eigenvalue weighted by molar-refractivity contribution is 7.80. The molecule has 0 saturated carbocycles. The number of thiocarbonyl (C=S) groups is 1. The van der Waals surface area contributed by atoms with Crippen LogP contribution in [0.4, 0.5) is 10.1 Å². The Morgan fingerprint density at radius 2 is 2.00 bits per heavy atom. The molecule has 3 N–H and O–H groups in total. The number of nitrogens with one attached hydrogen (secondary N) is 1. The molecule has 0 aliphatic rings. The fourth-order valence-electron chi connectivity index (χ4n) is 2.02. The molecule has 4 heteroatoms. The monoisotopic (exact) mass is 282 g/mol. The first kappa shape index (κ1) is 15.9. The van der Waals surface area contributed by atoms with Crippen molar-refractivity contribution in [3.05, 3.63) is 29.6 Å². The first-order valence-electron chi connectivity index (χ1n) is 6.76. The molecular formula is C15H23FN2S. The van der Waals surface area contributed by atoms with Gasteiger partial charge in [-0.1, -0.05) is 38.9 Å². The number of hydrogen-bond donors (Lipinski definition) is 2. The van der Waals surface area contributed by atoms with Gasteiger partial charge in [0, 0.05) is 17.3 Å². The number of halogens is 1. The number of benzene rings is 1. The molecule has 0 bridgehead atoms. The maximum Gasteiger partial charge on any atom is 0.124 e. The minimum absolute atomic E-state index is 0.219. The van der Waals surface area contributed by atoms with Gasteiger partial charge in [0.25, 0.3) is 0 Å². The lowest BCUT2D eigenvalue weighted by atomic mass is 10.0. The van der Waals surface area contributed by atoms with Crippen LogP contribution in [-0.4, -0.2) is 11.0 Å². The van der Waals surface area contributed by atoms with Crippen LogP contribution in [0.15, 0.2) is 18.2 Å². The van der Waals surface area contributed by atoms with Gasteiger partial charge >= 0.3 is 0 Å². The molecule has 1 atom stereocenters. The van der Waals surface area contributed by atoms with Crippen molar-refractivity contribution in [1.29, 1.82) is 0 Å². The molecule has 0 saturated heterocycles. The van der Waals surface area contributed by atoms with Crippen LogP contribution in [0.3, 0.4) is 0 Å². The predicted molar refractivity (Wildman–Crippen MR) is 84.1 cm³/mol. The summed E-state index contributed by atoms with van der Waals surface area (Å²) < 4.78 is 13.2. The molecule has 19 heavy (non-hydrogen) atoms. The molecule has 0 aliphatic heterocycles. The lowest BCUT2D eigenvalue weighted by Crippen LogP contribution is -2.19. The molecule has 0 fully saturated rings. The van der Waals surface area contributed by atoms with Gasteiger partial charge in [0.2, 0.25) is 0 Å². The fourth-order valence-corrected chi connectivity index (χ4v) is 2.18. The largest absolute Gasteiger partial charge is 0.389 e. The van der Waals surface area contributed by atoms with E-state index >= 15 is 0 Å². The lowest BCUT2D eigenvalue weighted by molar-refractivity contribution is 0.520. The molecule has 106 valence electrons. The van der Waals surface area contributed by atoms with E-state index in [0.29, 0.717) is 11.6 Å². The van der Waals surface area contributed by atoms with Crippen molar-refractivity contribution >= 4 is 22.9 Å². The second kappa shape index (κ2) is 7.43. The van der Waals surface area contributed by atoms with Gasteiger partial charge in [0.15, 0.2) is 0 Å². The van der Waals surface area contributed by atoms with E-state index < -0.39 is 0 Å². The zero-order valence-electron chi connectivity index (χ0n) is 11.9. The van der Waals surface area contributed by atoms with Crippen molar-refractivity contribution < 1.29 is 4.39 Å². The summed E-state index contributed by atoms with van der Waals surface area (Å²) in [6.07, 6.45) is 3.47. The molecule has 1 unspecified atom stereocenters. The Bertz CT molecular complexity index is 432. The van der Waals surface area contributed by atoms with Crippen molar-refractivity contribution in [2.45, 2.75) is 46.1 Å². The Balaban J connectivity index is 2.63. The van der Waals surface area contributed by atoms with Gasteiger partial charge in [0.1, 0.15) is 10.8 Å². The fraction of sp³-hybridized carbons (Fsp3) is 0.533. The van der Waals surface area contributed by atoms with Crippen LogP contribution < -0.4 is 11.1 Å². The topological polar surface area (TPSA) is 38.0 Å². The van der Waals surface area contributed by atoms with Crippen LogP contribution in [0.2, 0.25) is 0 Å². The van der Waals surface area contributed by atoms with Gasteiger partial charge in [-0.2, -0.15) is 0 Å². The van der Waals surface area contributed by atoms with Crippen LogP contribution >= 0.6 is 12.2 Å². The molecule has 0 aromatic heterocycles. The van der Waals surface area contributed by atoms with Crippen molar-refractivity contribution in [2.24, 2.45) is 11.7 Å². The second-order valence-electron chi connectivity index (χ2n) is 5.42. The summed E-state index contributed by atoms with van der Waals surface area (Å²) in [5.74, 6) is 0.408. The Labute approximate surface area is 120 Å². The predicted octanol–water partition coefficient (Wildman–Crippen LogP) is 4.09. The van der Waals surface area contributed by atoms with Crippen LogP contribution in [0.5, 0.6) is 0 Å². The maximum atomic E-state index is 13.2. The number of rotatable bonds is 7. The first-order chi connectivity index (χ1) is 8.90. The van der Waals surface area contributed by atoms with Crippen LogP contribution in [-0.2, 0) is 0 Å². The molecule has 1 aromatic carbocycles. The highest BCUT2D eigenvalue weighted by Gasteiger charge is 2.09. The normalized spacial score (nSPS) is 12.5. The molecule has 0 aliphatic carbocycles. The molecule has 2 nitrogen and oxygen atoms in total. The summed E-state index contributed by atoms with van der Waals surface area (Å²) >= 11 is 4.95. The zero-order chi connectivity index (χ0) is 14.4. The number of hydrogen-bond acceptors (Lipinski definition) is 2. The smallest absolute Gasteiger partial charge is 0.124 e. The van der Waals surface area contributed by atoms with Crippen molar-refractivity contribution in [2.75, 3.05) is 5.32 Å². The average Bonchev–Trinajstić information content (AvgIpc) is 2.30. The Kier molecular flexibility index (Phi) is 6.22. The second-order valence-corrected chi connectivity index (χ2v) is 5.86. The highest BCUT2D eigenvalue weighted by Crippen LogP contribution is 2.19. The molecule has 0 heterocycles. The lowest BCUT2D eigenvalue weighted by Gasteiger charge is -2.18. The summed E-state index contributed by atoms with van der Waals surface area (Å²) in [6.45, 7) is 6.57. The molecule has 0 spiro atoms. The highest BCUT2D eigenvalue weighted by atomic mass is 32.1. The number of nitrogens with two attached hydrogens (primary N) is 1. The Morgan fingerprint density at radius 1 is 1.32 bits per heavy atom. The molecule has 0 radical (unpaired) electrons. The molecule has 1 aromatic rings. The summed E-state index contributed by atoms with van der Waals surface area (Å²) in [5.41, 5.74) is 7.01. The van der Waals surface area contributed by atoms with Crippen LogP contribution in [0.25, 0.3) is 0 Å². The van der Waals surface area contributed by atoms with E-state index in [1.165, 1.54) is 25.0 Å². The first-order valence-corrected chi connectivity index (χ1v) is 7.17. The van der Waals surface area contributed by atoms with Crippen molar-refractivity contribution in [3.63, 3.8) is 0 Å². The third-order valence-corrected chi connectivity index (χ3v) is 3.29. The summed E-state index contributed by atoms with van der Waals surface area (Å²) in [4.78, 5) is 0.219. The number of anilines is 1. The Morgan fingerprint density at radius 3 is 2.58 bits per heavy atom. The summed E-state index contributed by atoms with van der Waals surface area (Å²) in [6, 6.07) is 4.82.